The Kier molecular flexibility index (Phi) is 3.26. The number of nitrogens with zero attached hydrogens (tertiary/aromatic N) is 1. The number of rotatable bonds is 1. The molecule has 1 amide bonds. The molecule has 2 atom stereocenters. The van der Waals surface area contributed by atoms with Gasteiger partial charge in [0.2, 0.25) is 5.91 Å². The number of hydrogen-bond donors (Lipinski definition) is 1. The predicted octanol–water partition coefficient (Wildman–Crippen LogP) is 4.16. The van der Waals surface area contributed by atoms with E-state index in [1.54, 1.807) is 6.08 Å². The van der Waals surface area contributed by atoms with E-state index >= 15 is 0 Å². The van der Waals surface area contributed by atoms with Gasteiger partial charge in [0, 0.05) is 28.6 Å². The van der Waals surface area contributed by atoms with Crippen LogP contribution in [0.3, 0.4) is 0 Å². The van der Waals surface area contributed by atoms with E-state index in [-0.39, 0.29) is 17.4 Å². The molecule has 128 valence electrons. The molecule has 3 aromatic rings. The van der Waals surface area contributed by atoms with Crippen molar-refractivity contribution in [3.63, 3.8) is 0 Å². The van der Waals surface area contributed by atoms with Crippen molar-refractivity contribution in [1.29, 1.82) is 0 Å². The van der Waals surface area contributed by atoms with Crippen LogP contribution >= 0.6 is 0 Å². The quantitative estimate of drug-likeness (QED) is 0.723. The number of hydrogen-bond acceptors (Lipinski definition) is 2. The number of carbonyl (C=O) groups excluding carboxylic acids is 1. The summed E-state index contributed by atoms with van der Waals surface area (Å²) in [7, 11) is 0. The van der Waals surface area contributed by atoms with Crippen molar-refractivity contribution in [2.24, 2.45) is 0 Å². The Morgan fingerprint density at radius 3 is 2.85 bits per heavy atom. The fourth-order valence-corrected chi connectivity index (χ4v) is 4.41. The molecule has 1 N–H and O–H groups in total. The number of aryl methyl sites for hydroxylation is 1. The maximum Gasteiger partial charge on any atom is 0.243 e. The third kappa shape index (κ3) is 2.27. The van der Waals surface area contributed by atoms with Gasteiger partial charge >= 0.3 is 0 Å². The first-order valence-electron chi connectivity index (χ1n) is 9.12. The second-order valence-corrected chi connectivity index (χ2v) is 7.50. The van der Waals surface area contributed by atoms with E-state index in [2.05, 4.69) is 65.8 Å². The third-order valence-electron chi connectivity index (χ3n) is 5.94. The van der Waals surface area contributed by atoms with Gasteiger partial charge in [0.25, 0.3) is 0 Å². The van der Waals surface area contributed by atoms with Crippen molar-refractivity contribution in [3.05, 3.63) is 78.0 Å². The topological polar surface area (TPSA) is 42.0 Å². The molecular formula is C23H20N2O. The van der Waals surface area contributed by atoms with E-state index in [0.717, 1.165) is 29.5 Å². The fraction of sp³-hybridized carbons (Fsp3) is 0.217. The Balaban J connectivity index is 1.59. The number of benzene rings is 2. The smallest absolute Gasteiger partial charge is 0.243 e. The average Bonchev–Trinajstić information content (AvgIpc) is 2.68. The molecule has 0 spiro atoms. The molecule has 2 aliphatic rings. The molecule has 1 aromatic heterocycles. The minimum Gasteiger partial charge on any atom is -0.349 e. The normalized spacial score (nSPS) is 24.0. The molecule has 3 heteroatoms. The van der Waals surface area contributed by atoms with Gasteiger partial charge in [-0.15, -0.1) is 0 Å². The lowest BCUT2D eigenvalue weighted by atomic mass is 9.66. The predicted molar refractivity (Wildman–Crippen MR) is 104 cm³/mol. The van der Waals surface area contributed by atoms with E-state index in [4.69, 9.17) is 0 Å². The molecule has 0 radical (unpaired) electrons. The zero-order chi connectivity index (χ0) is 17.7. The van der Waals surface area contributed by atoms with Gasteiger partial charge in [-0.1, -0.05) is 42.5 Å². The summed E-state index contributed by atoms with van der Waals surface area (Å²) in [6.07, 6.45) is 7.63. The first kappa shape index (κ1) is 15.3. The number of aromatic nitrogens is 1. The highest BCUT2D eigenvalue weighted by atomic mass is 16.1. The minimum absolute atomic E-state index is 0.0212. The lowest BCUT2D eigenvalue weighted by Crippen LogP contribution is -2.53. The molecule has 0 saturated heterocycles. The van der Waals surface area contributed by atoms with Gasteiger partial charge in [-0.25, -0.2) is 0 Å². The SMILES string of the molecule is C[C@]12C=CC(=O)N[C@@H]1CCc1cc(-c3cc4ccccc4cn3)ccc12. The Morgan fingerprint density at radius 1 is 1.12 bits per heavy atom. The molecule has 0 bridgehead atoms. The molecule has 3 nitrogen and oxygen atoms in total. The standard InChI is InChI=1S/C23H20N2O/c1-23-11-10-22(26)25-21(23)9-7-16-12-17(6-8-19(16)23)20-13-15-4-2-3-5-18(15)14-24-20/h2-6,8,10-14,21H,7,9H2,1H3,(H,25,26)/t21-,23-/m1/s1. The van der Waals surface area contributed by atoms with Crippen LogP contribution in [-0.4, -0.2) is 16.9 Å². The van der Waals surface area contributed by atoms with E-state index in [9.17, 15) is 4.79 Å². The lowest BCUT2D eigenvalue weighted by Gasteiger charge is -2.43. The molecule has 5 rings (SSSR count). The van der Waals surface area contributed by atoms with E-state index in [1.165, 1.54) is 16.5 Å². The largest absolute Gasteiger partial charge is 0.349 e. The summed E-state index contributed by atoms with van der Waals surface area (Å²) in [4.78, 5) is 16.4. The van der Waals surface area contributed by atoms with Crippen LogP contribution < -0.4 is 5.32 Å². The van der Waals surface area contributed by atoms with Gasteiger partial charge < -0.3 is 5.32 Å². The Bertz CT molecular complexity index is 1070. The van der Waals surface area contributed by atoms with Gasteiger partial charge in [-0.05, 0) is 54.5 Å². The van der Waals surface area contributed by atoms with Crippen LogP contribution in [0.25, 0.3) is 22.0 Å². The van der Waals surface area contributed by atoms with Crippen LogP contribution in [-0.2, 0) is 16.6 Å². The molecule has 1 aliphatic carbocycles. The summed E-state index contributed by atoms with van der Waals surface area (Å²) in [6.45, 7) is 2.22. The van der Waals surface area contributed by atoms with Gasteiger partial charge in [0.05, 0.1) is 5.69 Å². The van der Waals surface area contributed by atoms with Gasteiger partial charge in [-0.3, -0.25) is 9.78 Å². The minimum atomic E-state index is -0.128. The number of pyridine rings is 1. The first-order chi connectivity index (χ1) is 12.6. The van der Waals surface area contributed by atoms with E-state index in [0.29, 0.717) is 0 Å². The second kappa shape index (κ2) is 5.53. The van der Waals surface area contributed by atoms with E-state index in [1.807, 2.05) is 12.3 Å². The highest BCUT2D eigenvalue weighted by Crippen LogP contribution is 2.41. The summed E-state index contributed by atoms with van der Waals surface area (Å²) in [5, 5.41) is 5.50. The molecule has 2 aromatic carbocycles. The highest BCUT2D eigenvalue weighted by Gasteiger charge is 2.41. The molecule has 0 fully saturated rings. The molecular weight excluding hydrogens is 320 g/mol. The van der Waals surface area contributed by atoms with E-state index < -0.39 is 0 Å². The van der Waals surface area contributed by atoms with Crippen LogP contribution in [0.2, 0.25) is 0 Å². The third-order valence-corrected chi connectivity index (χ3v) is 5.94. The van der Waals surface area contributed by atoms with Crippen molar-refractivity contribution in [3.8, 4) is 11.3 Å². The van der Waals surface area contributed by atoms with Crippen molar-refractivity contribution < 1.29 is 4.79 Å². The molecule has 2 heterocycles. The Morgan fingerprint density at radius 2 is 1.96 bits per heavy atom. The van der Waals surface area contributed by atoms with Crippen molar-refractivity contribution in [2.75, 3.05) is 0 Å². The molecule has 26 heavy (non-hydrogen) atoms. The van der Waals surface area contributed by atoms with Gasteiger partial charge in [0.1, 0.15) is 0 Å². The second-order valence-electron chi connectivity index (χ2n) is 7.50. The van der Waals surface area contributed by atoms with Crippen LogP contribution in [0.5, 0.6) is 0 Å². The summed E-state index contributed by atoms with van der Waals surface area (Å²) >= 11 is 0. The van der Waals surface area contributed by atoms with Crippen molar-refractivity contribution in [2.45, 2.75) is 31.2 Å². The zero-order valence-electron chi connectivity index (χ0n) is 14.7. The first-order valence-corrected chi connectivity index (χ1v) is 9.12. The summed E-state index contributed by atoms with van der Waals surface area (Å²) < 4.78 is 0. The molecule has 1 aliphatic heterocycles. The number of carbonyl (C=O) groups is 1. The monoisotopic (exact) mass is 340 g/mol. The molecule has 0 unspecified atom stereocenters. The van der Waals surface area contributed by atoms with Crippen LogP contribution in [0.1, 0.15) is 24.5 Å². The Labute approximate surface area is 152 Å². The highest BCUT2D eigenvalue weighted by molar-refractivity contribution is 5.90. The zero-order valence-corrected chi connectivity index (χ0v) is 14.7. The maximum absolute atomic E-state index is 11.7. The van der Waals surface area contributed by atoms with Gasteiger partial charge in [0.15, 0.2) is 0 Å². The van der Waals surface area contributed by atoms with Crippen molar-refractivity contribution in [1.82, 2.24) is 10.3 Å². The molecule has 0 saturated carbocycles. The average molecular weight is 340 g/mol. The Hall–Kier alpha value is -2.94. The number of amides is 1. The van der Waals surface area contributed by atoms with Crippen molar-refractivity contribution >= 4 is 16.7 Å². The summed E-state index contributed by atoms with van der Waals surface area (Å²) in [6, 6.07) is 17.3. The summed E-state index contributed by atoms with van der Waals surface area (Å²) in [5.41, 5.74) is 4.70. The van der Waals surface area contributed by atoms with Crippen LogP contribution in [0.4, 0.5) is 0 Å². The summed E-state index contributed by atoms with van der Waals surface area (Å²) in [5.74, 6) is 0.0212. The number of fused-ring (bicyclic) bond motifs is 4. The fourth-order valence-electron chi connectivity index (χ4n) is 4.41. The maximum atomic E-state index is 11.7. The lowest BCUT2D eigenvalue weighted by molar-refractivity contribution is -0.118. The van der Waals surface area contributed by atoms with Crippen LogP contribution in [0.15, 0.2) is 66.9 Å². The van der Waals surface area contributed by atoms with Crippen LogP contribution in [0, 0.1) is 0 Å². The van der Waals surface area contributed by atoms with Gasteiger partial charge in [-0.2, -0.15) is 0 Å². The number of nitrogens with one attached hydrogen (secondary N) is 1.